The monoisotopic (exact) mass is 406 g/mol. The van der Waals surface area contributed by atoms with Gasteiger partial charge in [-0.05, 0) is 55.4 Å². The molecule has 0 saturated carbocycles. The maximum Gasteiger partial charge on any atom is 0.346 e. The fourth-order valence-corrected chi connectivity index (χ4v) is 4.20. The molecule has 0 aliphatic carbocycles. The largest absolute Gasteiger partial charge is 0.477 e. The summed E-state index contributed by atoms with van der Waals surface area (Å²) >= 11 is 5.85. The van der Waals surface area contributed by atoms with Crippen LogP contribution in [0.1, 0.15) is 30.4 Å². The lowest BCUT2D eigenvalue weighted by molar-refractivity contribution is -0.131. The number of aryl methyl sites for hydroxylation is 2. The highest BCUT2D eigenvalue weighted by atomic mass is 35.5. The first-order valence-electron chi connectivity index (χ1n) is 8.83. The maximum absolute atomic E-state index is 12.4. The predicted molar refractivity (Wildman–Crippen MR) is 109 cm³/mol. The van der Waals surface area contributed by atoms with Gasteiger partial charge in [-0.3, -0.25) is 0 Å². The van der Waals surface area contributed by atoms with Crippen molar-refractivity contribution in [2.24, 2.45) is 0 Å². The number of rotatable bonds is 10. The van der Waals surface area contributed by atoms with Crippen LogP contribution in [0.25, 0.3) is 0 Å². The lowest BCUT2D eigenvalue weighted by atomic mass is 10.1. The Morgan fingerprint density at radius 3 is 2.19 bits per heavy atom. The normalized spacial score (nSPS) is 12.1. The number of carboxylic acids is 1. The highest BCUT2D eigenvalue weighted by molar-refractivity contribution is 7.96. The van der Waals surface area contributed by atoms with Crippen molar-refractivity contribution in [2.45, 2.75) is 32.1 Å². The van der Waals surface area contributed by atoms with Crippen LogP contribution in [0.5, 0.6) is 0 Å². The van der Waals surface area contributed by atoms with Gasteiger partial charge in [0.2, 0.25) is 0 Å². The van der Waals surface area contributed by atoms with Gasteiger partial charge in [-0.1, -0.05) is 60.1 Å². The number of unbranched alkanes of at least 4 members (excludes halogenated alkanes) is 2. The van der Waals surface area contributed by atoms with Gasteiger partial charge in [0.25, 0.3) is 0 Å². The fraction of sp³-hybridized carbons (Fsp3) is 0.286. The molecule has 0 spiro atoms. The summed E-state index contributed by atoms with van der Waals surface area (Å²) in [6, 6.07) is 16.7. The van der Waals surface area contributed by atoms with Crippen LogP contribution in [0.2, 0.25) is 5.02 Å². The number of hydrogen-bond acceptors (Lipinski definition) is 3. The standard InChI is InChI=1S/C21H23ClO4S/c22-19-13-11-18(12-14-19)9-5-2-6-10-20(21(23)24)27(25,26)16-15-17-7-3-1-4-8-17/h1,3-4,7-8,10-14H,2,5-6,9,15-16H2,(H,23,24). The van der Waals surface area contributed by atoms with E-state index in [9.17, 15) is 18.3 Å². The molecule has 2 aromatic rings. The molecule has 0 fully saturated rings. The van der Waals surface area contributed by atoms with E-state index < -0.39 is 20.7 Å². The number of carbonyl (C=O) groups is 1. The number of hydrogen-bond donors (Lipinski definition) is 1. The molecule has 27 heavy (non-hydrogen) atoms. The first-order chi connectivity index (χ1) is 12.9. The van der Waals surface area contributed by atoms with Gasteiger partial charge in [-0.25, -0.2) is 13.2 Å². The number of benzene rings is 2. The lowest BCUT2D eigenvalue weighted by Gasteiger charge is -2.06. The second-order valence-electron chi connectivity index (χ2n) is 6.30. The van der Waals surface area contributed by atoms with E-state index in [0.717, 1.165) is 24.0 Å². The third-order valence-electron chi connectivity index (χ3n) is 4.21. The summed E-state index contributed by atoms with van der Waals surface area (Å²) in [4.78, 5) is 10.9. The molecule has 0 amide bonds. The quantitative estimate of drug-likeness (QED) is 0.459. The van der Waals surface area contributed by atoms with Gasteiger partial charge < -0.3 is 5.11 Å². The number of sulfone groups is 1. The van der Waals surface area contributed by atoms with Gasteiger partial charge in [-0.2, -0.15) is 0 Å². The van der Waals surface area contributed by atoms with Crippen molar-refractivity contribution < 1.29 is 18.3 Å². The minimum Gasteiger partial charge on any atom is -0.477 e. The second kappa shape index (κ2) is 10.3. The van der Waals surface area contributed by atoms with E-state index in [0.29, 0.717) is 24.3 Å². The zero-order valence-electron chi connectivity index (χ0n) is 15.0. The molecule has 0 heterocycles. The van der Waals surface area contributed by atoms with Crippen molar-refractivity contribution in [2.75, 3.05) is 5.75 Å². The zero-order chi connectivity index (χ0) is 19.7. The van der Waals surface area contributed by atoms with Gasteiger partial charge >= 0.3 is 5.97 Å². The highest BCUT2D eigenvalue weighted by Gasteiger charge is 2.23. The summed E-state index contributed by atoms with van der Waals surface area (Å²) in [6.07, 6.45) is 4.45. The second-order valence-corrected chi connectivity index (χ2v) is 8.81. The van der Waals surface area contributed by atoms with Crippen molar-refractivity contribution in [1.29, 1.82) is 0 Å². The molecule has 144 valence electrons. The van der Waals surface area contributed by atoms with Gasteiger partial charge in [0.05, 0.1) is 5.75 Å². The Morgan fingerprint density at radius 1 is 0.926 bits per heavy atom. The van der Waals surface area contributed by atoms with Gasteiger partial charge in [0.15, 0.2) is 9.84 Å². The van der Waals surface area contributed by atoms with E-state index in [-0.39, 0.29) is 5.75 Å². The van der Waals surface area contributed by atoms with Crippen LogP contribution in [0.15, 0.2) is 65.6 Å². The van der Waals surface area contributed by atoms with Crippen molar-refractivity contribution in [1.82, 2.24) is 0 Å². The van der Waals surface area contributed by atoms with Crippen LogP contribution >= 0.6 is 11.6 Å². The summed E-state index contributed by atoms with van der Waals surface area (Å²) in [5.41, 5.74) is 2.02. The Morgan fingerprint density at radius 2 is 1.56 bits per heavy atom. The molecule has 0 aromatic heterocycles. The first-order valence-corrected chi connectivity index (χ1v) is 10.9. The van der Waals surface area contributed by atoms with Gasteiger partial charge in [-0.15, -0.1) is 0 Å². The minimum atomic E-state index is -3.82. The molecular formula is C21H23ClO4S. The summed E-state index contributed by atoms with van der Waals surface area (Å²) in [5, 5.41) is 10.00. The molecule has 0 bridgehead atoms. The number of carboxylic acid groups (broad SMARTS) is 1. The minimum absolute atomic E-state index is 0.208. The molecule has 0 aliphatic rings. The summed E-state index contributed by atoms with van der Waals surface area (Å²) < 4.78 is 24.8. The number of aliphatic carboxylic acids is 1. The molecule has 2 aromatic carbocycles. The Hall–Kier alpha value is -2.11. The molecule has 0 atom stereocenters. The van der Waals surface area contributed by atoms with Crippen LogP contribution in [0.4, 0.5) is 0 Å². The Balaban J connectivity index is 1.88. The zero-order valence-corrected chi connectivity index (χ0v) is 16.5. The Labute approximate surface area is 165 Å². The SMILES string of the molecule is O=C(O)C(=CCCCCc1ccc(Cl)cc1)S(=O)(=O)CCc1ccccc1. The Kier molecular flexibility index (Phi) is 8.07. The van der Waals surface area contributed by atoms with E-state index in [4.69, 9.17) is 11.6 Å². The average molecular weight is 407 g/mol. The van der Waals surface area contributed by atoms with Crippen LogP contribution in [-0.4, -0.2) is 25.2 Å². The highest BCUT2D eigenvalue weighted by Crippen LogP contribution is 2.15. The summed E-state index contributed by atoms with van der Waals surface area (Å²) in [7, 11) is -3.82. The lowest BCUT2D eigenvalue weighted by Crippen LogP contribution is -2.17. The third-order valence-corrected chi connectivity index (χ3v) is 6.22. The molecule has 0 radical (unpaired) electrons. The molecule has 0 unspecified atom stereocenters. The average Bonchev–Trinajstić information content (AvgIpc) is 2.65. The van der Waals surface area contributed by atoms with Crippen molar-refractivity contribution >= 4 is 27.4 Å². The smallest absolute Gasteiger partial charge is 0.346 e. The van der Waals surface area contributed by atoms with Gasteiger partial charge in [0.1, 0.15) is 4.91 Å². The topological polar surface area (TPSA) is 71.4 Å². The summed E-state index contributed by atoms with van der Waals surface area (Å²) in [6.45, 7) is 0. The Bertz CT molecular complexity index is 872. The molecule has 6 heteroatoms. The molecule has 2 rings (SSSR count). The van der Waals surface area contributed by atoms with E-state index in [1.54, 1.807) is 0 Å². The van der Waals surface area contributed by atoms with Crippen LogP contribution in [-0.2, 0) is 27.5 Å². The molecule has 1 N–H and O–H groups in total. The third kappa shape index (κ3) is 7.19. The first kappa shape index (κ1) is 21.2. The van der Waals surface area contributed by atoms with E-state index in [1.807, 2.05) is 54.6 Å². The predicted octanol–water partition coefficient (Wildman–Crippen LogP) is 4.68. The van der Waals surface area contributed by atoms with E-state index in [2.05, 4.69) is 0 Å². The molecule has 4 nitrogen and oxygen atoms in total. The van der Waals surface area contributed by atoms with Crippen LogP contribution < -0.4 is 0 Å². The summed E-state index contributed by atoms with van der Waals surface area (Å²) in [5.74, 6) is -1.60. The molecular weight excluding hydrogens is 384 g/mol. The van der Waals surface area contributed by atoms with Crippen LogP contribution in [0, 0.1) is 0 Å². The van der Waals surface area contributed by atoms with Crippen LogP contribution in [0.3, 0.4) is 0 Å². The van der Waals surface area contributed by atoms with Crippen molar-refractivity contribution in [3.05, 3.63) is 81.7 Å². The number of allylic oxidation sites excluding steroid dienone is 1. The van der Waals surface area contributed by atoms with Gasteiger partial charge in [0, 0.05) is 5.02 Å². The number of halogens is 1. The van der Waals surface area contributed by atoms with Crippen molar-refractivity contribution in [3.63, 3.8) is 0 Å². The maximum atomic E-state index is 12.4. The van der Waals surface area contributed by atoms with E-state index in [1.165, 1.54) is 6.08 Å². The molecule has 0 aliphatic heterocycles. The fourth-order valence-electron chi connectivity index (χ4n) is 2.71. The molecule has 0 saturated heterocycles. The van der Waals surface area contributed by atoms with Crippen molar-refractivity contribution in [3.8, 4) is 0 Å². The van der Waals surface area contributed by atoms with E-state index >= 15 is 0 Å².